The standard InChI is InChI=1S/C29H34ClN5/c1-5-35(6-2)17-9-10-22-13-15-26(16-14-22)32-29-31-20-25-19-24(21(3)34(4)28(25)33-29)18-23-11-7-8-12-27(23)30/h7-8,11-16,19-20H,3,5-6,9-10,17-18H2,1-2,4H3,(H,31,32,33). The summed E-state index contributed by atoms with van der Waals surface area (Å²) in [5, 5.41) is 4.11. The normalized spacial score (nSPS) is 13.1. The second-order valence-electron chi connectivity index (χ2n) is 8.87. The number of allylic oxidation sites excluding steroid dienone is 1. The van der Waals surface area contributed by atoms with Crippen LogP contribution in [0.1, 0.15) is 37.0 Å². The molecule has 35 heavy (non-hydrogen) atoms. The molecule has 2 heterocycles. The molecule has 0 fully saturated rings. The van der Waals surface area contributed by atoms with Gasteiger partial charge in [0.15, 0.2) is 0 Å². The fraction of sp³-hybridized carbons (Fsp3) is 0.310. The molecule has 0 atom stereocenters. The van der Waals surface area contributed by atoms with Crippen LogP contribution in [-0.4, -0.2) is 41.5 Å². The van der Waals surface area contributed by atoms with E-state index in [9.17, 15) is 0 Å². The number of hydrogen-bond donors (Lipinski definition) is 1. The van der Waals surface area contributed by atoms with Crippen LogP contribution in [0.15, 0.2) is 72.6 Å². The van der Waals surface area contributed by atoms with Crippen LogP contribution in [0, 0.1) is 0 Å². The van der Waals surface area contributed by atoms with Gasteiger partial charge in [0.25, 0.3) is 0 Å². The highest BCUT2D eigenvalue weighted by molar-refractivity contribution is 6.31. The summed E-state index contributed by atoms with van der Waals surface area (Å²) in [6, 6.07) is 16.5. The van der Waals surface area contributed by atoms with Crippen molar-refractivity contribution >= 4 is 35.1 Å². The van der Waals surface area contributed by atoms with Gasteiger partial charge in [0.1, 0.15) is 5.82 Å². The van der Waals surface area contributed by atoms with Gasteiger partial charge in [-0.2, -0.15) is 4.98 Å². The number of fused-ring (bicyclic) bond motifs is 1. The Hall–Kier alpha value is -3.15. The summed E-state index contributed by atoms with van der Waals surface area (Å²) in [6.45, 7) is 12.1. The van der Waals surface area contributed by atoms with Gasteiger partial charge in [-0.15, -0.1) is 0 Å². The number of anilines is 3. The molecule has 1 aliphatic heterocycles. The van der Waals surface area contributed by atoms with Crippen LogP contribution in [-0.2, 0) is 12.8 Å². The van der Waals surface area contributed by atoms with Crippen molar-refractivity contribution < 1.29 is 0 Å². The molecular weight excluding hydrogens is 454 g/mol. The SMILES string of the molecule is C=C1C(Cc2ccccc2Cl)=Cc2cnc(Nc3ccc(CCCN(CC)CC)cc3)nc2N1C. The quantitative estimate of drug-likeness (QED) is 0.343. The van der Waals surface area contributed by atoms with Crippen molar-refractivity contribution in [2.75, 3.05) is 36.9 Å². The van der Waals surface area contributed by atoms with Crippen molar-refractivity contribution in [2.24, 2.45) is 0 Å². The van der Waals surface area contributed by atoms with Crippen molar-refractivity contribution in [1.29, 1.82) is 0 Å². The van der Waals surface area contributed by atoms with Crippen molar-refractivity contribution in [2.45, 2.75) is 33.1 Å². The summed E-state index contributed by atoms with van der Waals surface area (Å²) < 4.78 is 0. The van der Waals surface area contributed by atoms with Gasteiger partial charge >= 0.3 is 0 Å². The van der Waals surface area contributed by atoms with Crippen LogP contribution in [0.2, 0.25) is 5.02 Å². The number of aromatic nitrogens is 2. The fourth-order valence-electron chi connectivity index (χ4n) is 4.36. The van der Waals surface area contributed by atoms with E-state index in [1.807, 2.05) is 42.4 Å². The smallest absolute Gasteiger partial charge is 0.229 e. The van der Waals surface area contributed by atoms with Crippen LogP contribution in [0.5, 0.6) is 0 Å². The first-order valence-electron chi connectivity index (χ1n) is 12.3. The number of aryl methyl sites for hydroxylation is 1. The molecule has 3 aromatic rings. The van der Waals surface area contributed by atoms with Gasteiger partial charge in [-0.05, 0) is 73.5 Å². The zero-order chi connectivity index (χ0) is 24.8. The lowest BCUT2D eigenvalue weighted by Crippen LogP contribution is -2.24. The number of halogens is 1. The van der Waals surface area contributed by atoms with Crippen LogP contribution < -0.4 is 10.2 Å². The van der Waals surface area contributed by atoms with E-state index in [4.69, 9.17) is 16.6 Å². The number of hydrogen-bond acceptors (Lipinski definition) is 5. The summed E-state index contributed by atoms with van der Waals surface area (Å²) in [6.07, 6.45) is 6.94. The predicted molar refractivity (Wildman–Crippen MR) is 149 cm³/mol. The number of nitrogens with zero attached hydrogens (tertiary/aromatic N) is 4. The van der Waals surface area contributed by atoms with Crippen LogP contribution in [0.4, 0.5) is 17.5 Å². The molecule has 0 saturated carbocycles. The van der Waals surface area contributed by atoms with Gasteiger partial charge in [-0.25, -0.2) is 4.98 Å². The molecule has 182 valence electrons. The molecule has 0 aliphatic carbocycles. The van der Waals surface area contributed by atoms with Gasteiger partial charge in [0, 0.05) is 41.6 Å². The lowest BCUT2D eigenvalue weighted by molar-refractivity contribution is 0.300. The molecule has 0 amide bonds. The Kier molecular flexibility index (Phi) is 8.21. The Balaban J connectivity index is 1.43. The molecule has 0 spiro atoms. The molecule has 0 saturated heterocycles. The summed E-state index contributed by atoms with van der Waals surface area (Å²) >= 11 is 6.38. The lowest BCUT2D eigenvalue weighted by atomic mass is 9.97. The van der Waals surface area contributed by atoms with Gasteiger partial charge < -0.3 is 15.1 Å². The van der Waals surface area contributed by atoms with E-state index in [0.717, 1.165) is 65.0 Å². The third-order valence-corrected chi connectivity index (χ3v) is 6.97. The third kappa shape index (κ3) is 6.11. The topological polar surface area (TPSA) is 44.3 Å². The third-order valence-electron chi connectivity index (χ3n) is 6.60. The maximum absolute atomic E-state index is 6.38. The average Bonchev–Trinajstić information content (AvgIpc) is 2.87. The van der Waals surface area contributed by atoms with E-state index in [1.165, 1.54) is 12.0 Å². The summed E-state index contributed by atoms with van der Waals surface area (Å²) in [5.41, 5.74) is 6.39. The molecule has 0 unspecified atom stereocenters. The van der Waals surface area contributed by atoms with Crippen LogP contribution in [0.25, 0.3) is 6.08 Å². The minimum absolute atomic E-state index is 0.570. The van der Waals surface area contributed by atoms with Gasteiger partial charge in [0.05, 0.1) is 0 Å². The number of likely N-dealkylation sites (N-methyl/N-ethyl adjacent to an activating group) is 1. The maximum Gasteiger partial charge on any atom is 0.229 e. The Morgan fingerprint density at radius 2 is 1.80 bits per heavy atom. The molecule has 0 radical (unpaired) electrons. The highest BCUT2D eigenvalue weighted by Crippen LogP contribution is 2.34. The highest BCUT2D eigenvalue weighted by atomic mass is 35.5. The summed E-state index contributed by atoms with van der Waals surface area (Å²) in [7, 11) is 1.99. The first-order valence-corrected chi connectivity index (χ1v) is 12.7. The first kappa shape index (κ1) is 25.0. The summed E-state index contributed by atoms with van der Waals surface area (Å²) in [4.78, 5) is 13.8. The second kappa shape index (κ2) is 11.5. The average molecular weight is 488 g/mol. The number of rotatable bonds is 10. The number of benzene rings is 2. The van der Waals surface area contributed by atoms with Crippen LogP contribution >= 0.6 is 11.6 Å². The lowest BCUT2D eigenvalue weighted by Gasteiger charge is -2.29. The van der Waals surface area contributed by atoms with E-state index in [1.54, 1.807) is 0 Å². The Bertz CT molecular complexity index is 1200. The zero-order valence-electron chi connectivity index (χ0n) is 20.9. The molecule has 1 N–H and O–H groups in total. The van der Waals surface area contributed by atoms with Crippen LogP contribution in [0.3, 0.4) is 0 Å². The minimum atomic E-state index is 0.570. The molecule has 4 rings (SSSR count). The Morgan fingerprint density at radius 3 is 2.51 bits per heavy atom. The van der Waals surface area contributed by atoms with E-state index in [0.29, 0.717) is 12.4 Å². The molecule has 5 nitrogen and oxygen atoms in total. The minimum Gasteiger partial charge on any atom is -0.329 e. The Labute approximate surface area is 214 Å². The van der Waals surface area contributed by atoms with Gasteiger partial charge in [-0.1, -0.05) is 62.4 Å². The predicted octanol–water partition coefficient (Wildman–Crippen LogP) is 6.74. The molecule has 1 aliphatic rings. The van der Waals surface area contributed by atoms with E-state index >= 15 is 0 Å². The highest BCUT2D eigenvalue weighted by Gasteiger charge is 2.22. The second-order valence-corrected chi connectivity index (χ2v) is 9.28. The largest absolute Gasteiger partial charge is 0.329 e. The Morgan fingerprint density at radius 1 is 1.06 bits per heavy atom. The van der Waals surface area contributed by atoms with Gasteiger partial charge in [-0.3, -0.25) is 0 Å². The monoisotopic (exact) mass is 487 g/mol. The van der Waals surface area contributed by atoms with E-state index in [-0.39, 0.29) is 0 Å². The molecule has 1 aromatic heterocycles. The van der Waals surface area contributed by atoms with Crippen molar-refractivity contribution in [3.05, 3.63) is 94.3 Å². The zero-order valence-corrected chi connectivity index (χ0v) is 21.6. The fourth-order valence-corrected chi connectivity index (χ4v) is 4.56. The first-order chi connectivity index (χ1) is 17.0. The summed E-state index contributed by atoms with van der Waals surface area (Å²) in [5.74, 6) is 1.41. The molecular formula is C29H34ClN5. The van der Waals surface area contributed by atoms with Gasteiger partial charge in [0.2, 0.25) is 5.95 Å². The van der Waals surface area contributed by atoms with Crippen molar-refractivity contribution in [3.63, 3.8) is 0 Å². The van der Waals surface area contributed by atoms with E-state index < -0.39 is 0 Å². The van der Waals surface area contributed by atoms with E-state index in [2.05, 4.69) is 66.0 Å². The van der Waals surface area contributed by atoms with Crippen molar-refractivity contribution in [1.82, 2.24) is 14.9 Å². The maximum atomic E-state index is 6.38. The molecule has 6 heteroatoms. The molecule has 2 aromatic carbocycles. The van der Waals surface area contributed by atoms with Crippen molar-refractivity contribution in [3.8, 4) is 0 Å². The number of nitrogens with one attached hydrogen (secondary N) is 1. The molecule has 0 bridgehead atoms.